The molecule has 16 heavy (non-hydrogen) atoms. The topological polar surface area (TPSA) is 51.5 Å². The van der Waals surface area contributed by atoms with E-state index in [1.54, 1.807) is 11.6 Å². The van der Waals surface area contributed by atoms with Crippen molar-refractivity contribution in [3.05, 3.63) is 22.8 Å². The SMILES string of the molecule is COCCCNc1nc2ccc(Br)cn2n1. The van der Waals surface area contributed by atoms with Crippen LogP contribution in [-0.4, -0.2) is 34.9 Å². The molecule has 86 valence electrons. The first-order chi connectivity index (χ1) is 7.79. The lowest BCUT2D eigenvalue weighted by molar-refractivity contribution is 0.197. The molecule has 5 nitrogen and oxygen atoms in total. The van der Waals surface area contributed by atoms with E-state index in [0.717, 1.165) is 29.7 Å². The maximum atomic E-state index is 4.96. The minimum Gasteiger partial charge on any atom is -0.385 e. The third kappa shape index (κ3) is 2.70. The Hall–Kier alpha value is -1.14. The molecule has 1 N–H and O–H groups in total. The Kier molecular flexibility index (Phi) is 3.74. The van der Waals surface area contributed by atoms with Gasteiger partial charge in [0, 0.05) is 30.9 Å². The quantitative estimate of drug-likeness (QED) is 0.853. The van der Waals surface area contributed by atoms with Gasteiger partial charge in [-0.1, -0.05) is 0 Å². The van der Waals surface area contributed by atoms with Crippen LogP contribution in [0.25, 0.3) is 5.65 Å². The second-order valence-corrected chi connectivity index (χ2v) is 4.27. The molecule has 0 radical (unpaired) electrons. The van der Waals surface area contributed by atoms with Crippen LogP contribution in [-0.2, 0) is 4.74 Å². The van der Waals surface area contributed by atoms with E-state index in [-0.39, 0.29) is 0 Å². The van der Waals surface area contributed by atoms with Crippen molar-refractivity contribution in [2.45, 2.75) is 6.42 Å². The molecule has 0 aliphatic carbocycles. The van der Waals surface area contributed by atoms with Crippen molar-refractivity contribution in [2.75, 3.05) is 25.6 Å². The molecule has 0 spiro atoms. The molecular weight excluding hydrogens is 272 g/mol. The van der Waals surface area contributed by atoms with Crippen LogP contribution in [0, 0.1) is 0 Å². The van der Waals surface area contributed by atoms with Gasteiger partial charge in [0.1, 0.15) is 0 Å². The van der Waals surface area contributed by atoms with Crippen LogP contribution in [0.2, 0.25) is 0 Å². The molecule has 0 unspecified atom stereocenters. The number of hydrogen-bond donors (Lipinski definition) is 1. The van der Waals surface area contributed by atoms with Crippen LogP contribution < -0.4 is 5.32 Å². The Morgan fingerprint density at radius 2 is 2.38 bits per heavy atom. The van der Waals surface area contributed by atoms with E-state index in [2.05, 4.69) is 31.3 Å². The summed E-state index contributed by atoms with van der Waals surface area (Å²) >= 11 is 3.39. The summed E-state index contributed by atoms with van der Waals surface area (Å²) in [5, 5.41) is 7.44. The Balaban J connectivity index is 2.02. The molecule has 6 heteroatoms. The van der Waals surface area contributed by atoms with Crippen molar-refractivity contribution in [3.63, 3.8) is 0 Å². The number of ether oxygens (including phenoxy) is 1. The van der Waals surface area contributed by atoms with E-state index in [1.807, 2.05) is 18.3 Å². The van der Waals surface area contributed by atoms with Gasteiger partial charge in [0.2, 0.25) is 5.95 Å². The Labute approximate surface area is 102 Å². The fourth-order valence-electron chi connectivity index (χ4n) is 1.35. The van der Waals surface area contributed by atoms with Crippen molar-refractivity contribution in [1.29, 1.82) is 0 Å². The van der Waals surface area contributed by atoms with E-state index in [9.17, 15) is 0 Å². The van der Waals surface area contributed by atoms with Gasteiger partial charge in [0.05, 0.1) is 0 Å². The smallest absolute Gasteiger partial charge is 0.243 e. The van der Waals surface area contributed by atoms with Crippen LogP contribution in [0.5, 0.6) is 0 Å². The number of halogens is 1. The first kappa shape index (κ1) is 11.3. The number of aromatic nitrogens is 3. The number of rotatable bonds is 5. The molecule has 0 saturated carbocycles. The molecule has 2 heterocycles. The highest BCUT2D eigenvalue weighted by atomic mass is 79.9. The van der Waals surface area contributed by atoms with Gasteiger partial charge in [0.15, 0.2) is 5.65 Å². The molecule has 0 bridgehead atoms. The summed E-state index contributed by atoms with van der Waals surface area (Å²) in [7, 11) is 1.70. The minimum absolute atomic E-state index is 0.647. The summed E-state index contributed by atoms with van der Waals surface area (Å²) in [4.78, 5) is 4.33. The van der Waals surface area contributed by atoms with Gasteiger partial charge in [-0.15, -0.1) is 5.10 Å². The molecule has 0 saturated heterocycles. The zero-order chi connectivity index (χ0) is 11.4. The van der Waals surface area contributed by atoms with Crippen LogP contribution in [0.3, 0.4) is 0 Å². The number of fused-ring (bicyclic) bond motifs is 1. The summed E-state index contributed by atoms with van der Waals surface area (Å²) in [6.45, 7) is 1.55. The van der Waals surface area contributed by atoms with Gasteiger partial charge < -0.3 is 10.1 Å². The maximum Gasteiger partial charge on any atom is 0.243 e. The van der Waals surface area contributed by atoms with E-state index < -0.39 is 0 Å². The number of nitrogens with one attached hydrogen (secondary N) is 1. The van der Waals surface area contributed by atoms with E-state index in [0.29, 0.717) is 5.95 Å². The highest BCUT2D eigenvalue weighted by molar-refractivity contribution is 9.10. The molecule has 2 rings (SSSR count). The summed E-state index contributed by atoms with van der Waals surface area (Å²) in [5.41, 5.74) is 0.831. The highest BCUT2D eigenvalue weighted by Gasteiger charge is 2.02. The Morgan fingerprint density at radius 1 is 1.50 bits per heavy atom. The average molecular weight is 285 g/mol. The Bertz CT molecular complexity index is 471. The largest absolute Gasteiger partial charge is 0.385 e. The molecular formula is C10H13BrN4O. The van der Waals surface area contributed by atoms with E-state index in [4.69, 9.17) is 4.74 Å². The van der Waals surface area contributed by atoms with Crippen molar-refractivity contribution >= 4 is 27.5 Å². The molecule has 0 atom stereocenters. The fraction of sp³-hybridized carbons (Fsp3) is 0.400. The molecule has 2 aromatic rings. The summed E-state index contributed by atoms with van der Waals surface area (Å²) in [6, 6.07) is 3.86. The Morgan fingerprint density at radius 3 is 3.19 bits per heavy atom. The van der Waals surface area contributed by atoms with Crippen molar-refractivity contribution in [3.8, 4) is 0 Å². The number of nitrogens with zero attached hydrogens (tertiary/aromatic N) is 3. The number of anilines is 1. The van der Waals surface area contributed by atoms with Gasteiger partial charge in [-0.3, -0.25) is 0 Å². The maximum absolute atomic E-state index is 4.96. The zero-order valence-electron chi connectivity index (χ0n) is 8.98. The van der Waals surface area contributed by atoms with E-state index >= 15 is 0 Å². The normalized spacial score (nSPS) is 10.9. The molecule has 0 fully saturated rings. The first-order valence-electron chi connectivity index (χ1n) is 5.04. The summed E-state index contributed by atoms with van der Waals surface area (Å²) < 4.78 is 7.68. The van der Waals surface area contributed by atoms with Gasteiger partial charge in [-0.05, 0) is 34.5 Å². The van der Waals surface area contributed by atoms with Crippen LogP contribution in [0.1, 0.15) is 6.42 Å². The van der Waals surface area contributed by atoms with Crippen molar-refractivity contribution in [1.82, 2.24) is 14.6 Å². The van der Waals surface area contributed by atoms with E-state index in [1.165, 1.54) is 0 Å². The van der Waals surface area contributed by atoms with Gasteiger partial charge in [-0.2, -0.15) is 4.98 Å². The highest BCUT2D eigenvalue weighted by Crippen LogP contribution is 2.11. The predicted molar refractivity (Wildman–Crippen MR) is 65.7 cm³/mol. The monoisotopic (exact) mass is 284 g/mol. The van der Waals surface area contributed by atoms with Crippen molar-refractivity contribution < 1.29 is 4.74 Å². The van der Waals surface area contributed by atoms with Crippen LogP contribution in [0.4, 0.5) is 5.95 Å². The number of hydrogen-bond acceptors (Lipinski definition) is 4. The molecule has 0 aliphatic rings. The third-order valence-corrected chi connectivity index (χ3v) is 2.57. The third-order valence-electron chi connectivity index (χ3n) is 2.10. The first-order valence-corrected chi connectivity index (χ1v) is 5.83. The number of pyridine rings is 1. The van der Waals surface area contributed by atoms with Crippen LogP contribution in [0.15, 0.2) is 22.8 Å². The second kappa shape index (κ2) is 5.27. The average Bonchev–Trinajstić information content (AvgIpc) is 2.66. The fourth-order valence-corrected chi connectivity index (χ4v) is 1.68. The number of methoxy groups -OCH3 is 1. The lowest BCUT2D eigenvalue weighted by Gasteiger charge is -1.99. The standard InChI is InChI=1S/C10H13BrN4O/c1-16-6-2-5-12-10-13-9-4-3-8(11)7-15(9)14-10/h3-4,7H,2,5-6H2,1H3,(H,12,14). The van der Waals surface area contributed by atoms with Gasteiger partial charge in [-0.25, -0.2) is 4.52 Å². The lowest BCUT2D eigenvalue weighted by Crippen LogP contribution is -2.05. The van der Waals surface area contributed by atoms with Gasteiger partial charge >= 0.3 is 0 Å². The van der Waals surface area contributed by atoms with Crippen LogP contribution >= 0.6 is 15.9 Å². The summed E-state index contributed by atoms with van der Waals surface area (Å²) in [6.07, 6.45) is 2.82. The molecule has 2 aromatic heterocycles. The zero-order valence-corrected chi connectivity index (χ0v) is 10.6. The second-order valence-electron chi connectivity index (χ2n) is 3.36. The minimum atomic E-state index is 0.647. The van der Waals surface area contributed by atoms with Gasteiger partial charge in [0.25, 0.3) is 0 Å². The molecule has 0 aliphatic heterocycles. The summed E-state index contributed by atoms with van der Waals surface area (Å²) in [5.74, 6) is 0.647. The van der Waals surface area contributed by atoms with Crippen molar-refractivity contribution in [2.24, 2.45) is 0 Å². The molecule has 0 amide bonds. The predicted octanol–water partition coefficient (Wildman–Crippen LogP) is 1.94. The molecule has 0 aromatic carbocycles. The lowest BCUT2D eigenvalue weighted by atomic mass is 10.4.